The van der Waals surface area contributed by atoms with Gasteiger partial charge in [-0.3, -0.25) is 0 Å². The molecule has 4 heteroatoms. The first-order chi connectivity index (χ1) is 11.8. The van der Waals surface area contributed by atoms with Crippen molar-refractivity contribution in [3.63, 3.8) is 0 Å². The quantitative estimate of drug-likeness (QED) is 0.732. The van der Waals surface area contributed by atoms with Gasteiger partial charge in [-0.25, -0.2) is 0 Å². The third-order valence-corrected chi connectivity index (χ3v) is 4.85. The van der Waals surface area contributed by atoms with Gasteiger partial charge >= 0.3 is 0 Å². The summed E-state index contributed by atoms with van der Waals surface area (Å²) in [4.78, 5) is 0. The lowest BCUT2D eigenvalue weighted by atomic mass is 9.91. The summed E-state index contributed by atoms with van der Waals surface area (Å²) in [7, 11) is 1.71. The standard InChI is InChI=1S/C20H26N2O2/c1-24-18-10-6-5-9-16(18)13-21-20-17(11-12-23)14-22-19(20)15-7-3-2-4-8-15/h2-10,17,19-23H,11-14H2,1H3/t17-,19-,20-/m0/s1. The molecule has 1 heterocycles. The van der Waals surface area contributed by atoms with Gasteiger partial charge in [0, 0.05) is 37.3 Å². The highest BCUT2D eigenvalue weighted by Gasteiger charge is 2.35. The molecule has 1 aliphatic heterocycles. The zero-order valence-corrected chi connectivity index (χ0v) is 14.1. The van der Waals surface area contributed by atoms with E-state index in [2.05, 4.69) is 41.0 Å². The van der Waals surface area contributed by atoms with Crippen LogP contribution in [-0.4, -0.2) is 31.4 Å². The van der Waals surface area contributed by atoms with E-state index in [-0.39, 0.29) is 18.7 Å². The molecule has 2 aromatic rings. The number of hydrogen-bond acceptors (Lipinski definition) is 4. The predicted octanol–water partition coefficient (Wildman–Crippen LogP) is 2.50. The number of rotatable bonds is 7. The molecule has 1 saturated heterocycles. The number of nitrogens with one attached hydrogen (secondary N) is 2. The highest BCUT2D eigenvalue weighted by molar-refractivity contribution is 5.33. The Bertz CT molecular complexity index is 633. The molecule has 3 atom stereocenters. The molecule has 2 aromatic carbocycles. The number of aliphatic hydroxyl groups is 1. The van der Waals surface area contributed by atoms with Crippen molar-refractivity contribution >= 4 is 0 Å². The molecule has 4 nitrogen and oxygen atoms in total. The third-order valence-electron chi connectivity index (χ3n) is 4.85. The molecule has 128 valence electrons. The molecule has 0 aromatic heterocycles. The van der Waals surface area contributed by atoms with Crippen molar-refractivity contribution in [1.29, 1.82) is 0 Å². The lowest BCUT2D eigenvalue weighted by Crippen LogP contribution is -2.38. The summed E-state index contributed by atoms with van der Waals surface area (Å²) in [6.45, 7) is 1.89. The van der Waals surface area contributed by atoms with Gasteiger partial charge in [-0.15, -0.1) is 0 Å². The molecule has 0 radical (unpaired) electrons. The Morgan fingerprint density at radius 3 is 2.62 bits per heavy atom. The average Bonchev–Trinajstić information content (AvgIpc) is 3.04. The fourth-order valence-corrected chi connectivity index (χ4v) is 3.60. The summed E-state index contributed by atoms with van der Waals surface area (Å²) in [5.41, 5.74) is 2.44. The van der Waals surface area contributed by atoms with Gasteiger partial charge in [-0.2, -0.15) is 0 Å². The van der Waals surface area contributed by atoms with E-state index in [0.717, 1.165) is 30.8 Å². The molecule has 0 saturated carbocycles. The average molecular weight is 326 g/mol. The highest BCUT2D eigenvalue weighted by Crippen LogP contribution is 2.30. The van der Waals surface area contributed by atoms with Crippen molar-refractivity contribution in [2.75, 3.05) is 20.3 Å². The minimum absolute atomic E-state index is 0.223. The van der Waals surface area contributed by atoms with Crippen LogP contribution in [-0.2, 0) is 6.54 Å². The van der Waals surface area contributed by atoms with E-state index >= 15 is 0 Å². The Hall–Kier alpha value is -1.88. The van der Waals surface area contributed by atoms with Gasteiger partial charge in [0.25, 0.3) is 0 Å². The van der Waals surface area contributed by atoms with Gasteiger partial charge in [-0.1, -0.05) is 48.5 Å². The monoisotopic (exact) mass is 326 g/mol. The number of ether oxygens (including phenoxy) is 1. The van der Waals surface area contributed by atoms with Crippen molar-refractivity contribution in [2.45, 2.75) is 25.0 Å². The molecule has 0 amide bonds. The Morgan fingerprint density at radius 2 is 1.88 bits per heavy atom. The molecule has 0 unspecified atom stereocenters. The van der Waals surface area contributed by atoms with Crippen molar-refractivity contribution < 1.29 is 9.84 Å². The second-order valence-corrected chi connectivity index (χ2v) is 6.29. The second-order valence-electron chi connectivity index (χ2n) is 6.29. The zero-order chi connectivity index (χ0) is 16.8. The summed E-state index contributed by atoms with van der Waals surface area (Å²) >= 11 is 0. The Kier molecular flexibility index (Phi) is 5.86. The topological polar surface area (TPSA) is 53.5 Å². The van der Waals surface area contributed by atoms with E-state index in [9.17, 15) is 5.11 Å². The predicted molar refractivity (Wildman–Crippen MR) is 96.0 cm³/mol. The zero-order valence-electron chi connectivity index (χ0n) is 14.1. The number of aliphatic hydroxyl groups excluding tert-OH is 1. The van der Waals surface area contributed by atoms with Gasteiger partial charge in [0.2, 0.25) is 0 Å². The van der Waals surface area contributed by atoms with Crippen LogP contribution in [0.5, 0.6) is 5.75 Å². The lowest BCUT2D eigenvalue weighted by molar-refractivity contribution is 0.243. The second kappa shape index (κ2) is 8.29. The first kappa shape index (κ1) is 17.0. The molecular weight excluding hydrogens is 300 g/mol. The summed E-state index contributed by atoms with van der Waals surface area (Å²) in [5.74, 6) is 1.32. The van der Waals surface area contributed by atoms with Crippen LogP contribution in [0, 0.1) is 5.92 Å². The third kappa shape index (κ3) is 3.78. The van der Waals surface area contributed by atoms with Crippen molar-refractivity contribution in [1.82, 2.24) is 10.6 Å². The minimum Gasteiger partial charge on any atom is -0.496 e. The smallest absolute Gasteiger partial charge is 0.123 e. The number of para-hydroxylation sites is 1. The maximum atomic E-state index is 9.39. The van der Waals surface area contributed by atoms with Gasteiger partial charge < -0.3 is 20.5 Å². The molecule has 3 rings (SSSR count). The summed E-state index contributed by atoms with van der Waals surface area (Å²) in [6, 6.07) is 19.2. The molecule has 0 bridgehead atoms. The van der Waals surface area contributed by atoms with Gasteiger partial charge in [0.1, 0.15) is 5.75 Å². The Morgan fingerprint density at radius 1 is 1.12 bits per heavy atom. The minimum atomic E-state index is 0.223. The summed E-state index contributed by atoms with van der Waals surface area (Å²) in [5, 5.41) is 16.7. The van der Waals surface area contributed by atoms with Crippen LogP contribution in [0.15, 0.2) is 54.6 Å². The first-order valence-electron chi connectivity index (χ1n) is 8.58. The Balaban J connectivity index is 1.75. The molecule has 1 aliphatic rings. The van der Waals surface area contributed by atoms with Gasteiger partial charge in [-0.05, 0) is 24.0 Å². The first-order valence-corrected chi connectivity index (χ1v) is 8.58. The fraction of sp³-hybridized carbons (Fsp3) is 0.400. The van der Waals surface area contributed by atoms with Crippen LogP contribution in [0.4, 0.5) is 0 Å². The maximum absolute atomic E-state index is 9.39. The highest BCUT2D eigenvalue weighted by atomic mass is 16.5. The lowest BCUT2D eigenvalue weighted by Gasteiger charge is -2.26. The molecule has 3 N–H and O–H groups in total. The van der Waals surface area contributed by atoms with E-state index in [4.69, 9.17) is 4.74 Å². The van der Waals surface area contributed by atoms with Gasteiger partial charge in [0.15, 0.2) is 0 Å². The van der Waals surface area contributed by atoms with E-state index in [0.29, 0.717) is 5.92 Å². The summed E-state index contributed by atoms with van der Waals surface area (Å²) < 4.78 is 5.45. The maximum Gasteiger partial charge on any atom is 0.123 e. The van der Waals surface area contributed by atoms with Crippen LogP contribution in [0.25, 0.3) is 0 Å². The fourth-order valence-electron chi connectivity index (χ4n) is 3.60. The number of hydrogen-bond donors (Lipinski definition) is 3. The van der Waals surface area contributed by atoms with Crippen LogP contribution < -0.4 is 15.4 Å². The van der Waals surface area contributed by atoms with E-state index in [1.807, 2.05) is 24.3 Å². The van der Waals surface area contributed by atoms with Crippen LogP contribution >= 0.6 is 0 Å². The van der Waals surface area contributed by atoms with Crippen LogP contribution in [0.1, 0.15) is 23.6 Å². The number of methoxy groups -OCH3 is 1. The normalized spacial score (nSPS) is 23.3. The van der Waals surface area contributed by atoms with Crippen LogP contribution in [0.2, 0.25) is 0 Å². The largest absolute Gasteiger partial charge is 0.496 e. The van der Waals surface area contributed by atoms with E-state index in [1.165, 1.54) is 5.56 Å². The SMILES string of the molecule is COc1ccccc1CN[C@H]1[C@@H](CCO)CN[C@H]1c1ccccc1. The van der Waals surface area contributed by atoms with E-state index in [1.54, 1.807) is 7.11 Å². The molecular formula is C20H26N2O2. The van der Waals surface area contributed by atoms with Crippen molar-refractivity contribution in [2.24, 2.45) is 5.92 Å². The molecule has 0 spiro atoms. The molecule has 1 fully saturated rings. The molecule has 0 aliphatic carbocycles. The van der Waals surface area contributed by atoms with E-state index < -0.39 is 0 Å². The van der Waals surface area contributed by atoms with Crippen LogP contribution in [0.3, 0.4) is 0 Å². The molecule has 24 heavy (non-hydrogen) atoms. The van der Waals surface area contributed by atoms with Crippen molar-refractivity contribution in [3.8, 4) is 5.75 Å². The van der Waals surface area contributed by atoms with Crippen molar-refractivity contribution in [3.05, 3.63) is 65.7 Å². The summed E-state index contributed by atoms with van der Waals surface area (Å²) in [6.07, 6.45) is 0.805. The Labute approximate surface area is 143 Å². The van der Waals surface area contributed by atoms with Gasteiger partial charge in [0.05, 0.1) is 7.11 Å². The number of benzene rings is 2.